The lowest BCUT2D eigenvalue weighted by atomic mass is 10.1. The Bertz CT molecular complexity index is 463. The molecule has 1 aliphatic carbocycles. The smallest absolute Gasteiger partial charge is 0.258 e. The van der Waals surface area contributed by atoms with Gasteiger partial charge in [-0.25, -0.2) is 8.78 Å². The Morgan fingerprint density at radius 3 is 2.56 bits per heavy atom. The van der Waals surface area contributed by atoms with E-state index in [1.165, 1.54) is 0 Å². The largest absolute Gasteiger partial charge is 0.507 e. The van der Waals surface area contributed by atoms with Gasteiger partial charge in [-0.3, -0.25) is 4.79 Å². The number of rotatable bonds is 4. The highest BCUT2D eigenvalue weighted by Gasteiger charge is 2.42. The van der Waals surface area contributed by atoms with E-state index in [1.54, 1.807) is 0 Å². The Balaban J connectivity index is 2.09. The molecule has 0 spiro atoms. The maximum atomic E-state index is 13.4. The molecule has 0 radical (unpaired) electrons. The van der Waals surface area contributed by atoms with Gasteiger partial charge in [-0.05, 0) is 12.8 Å². The number of carbonyl (C=O) groups excluding carboxylic acids is 1. The molecule has 1 amide bonds. The summed E-state index contributed by atoms with van der Waals surface area (Å²) in [7, 11) is 0. The average molecular weight is 257 g/mol. The van der Waals surface area contributed by atoms with Crippen LogP contribution in [0.4, 0.5) is 8.78 Å². The third kappa shape index (κ3) is 2.43. The zero-order valence-electron chi connectivity index (χ0n) is 9.54. The average Bonchev–Trinajstić information content (AvgIpc) is 3.05. The molecule has 0 unspecified atom stereocenters. The van der Waals surface area contributed by atoms with Crippen LogP contribution in [0.15, 0.2) is 12.1 Å². The fourth-order valence-corrected chi connectivity index (χ4v) is 1.71. The number of amides is 1. The van der Waals surface area contributed by atoms with Crippen molar-refractivity contribution in [3.05, 3.63) is 29.3 Å². The zero-order valence-corrected chi connectivity index (χ0v) is 9.54. The predicted octanol–water partition coefficient (Wildman–Crippen LogP) is 1.17. The number of carbonyl (C=O) groups is 1. The topological polar surface area (TPSA) is 69.6 Å². The number of phenolic OH excluding ortho intramolecular Hbond substituents is 1. The zero-order chi connectivity index (χ0) is 13.3. The number of aliphatic hydroxyl groups excluding tert-OH is 1. The Morgan fingerprint density at radius 2 is 2.06 bits per heavy atom. The van der Waals surface area contributed by atoms with Gasteiger partial charge in [0.2, 0.25) is 0 Å². The monoisotopic (exact) mass is 257 g/mol. The minimum atomic E-state index is -1.11. The maximum Gasteiger partial charge on any atom is 0.258 e. The summed E-state index contributed by atoms with van der Waals surface area (Å²) in [6, 6.07) is 1.21. The SMILES string of the molecule is O=C(NCC1(CO)CC1)c1c(O)cc(F)cc1F. The van der Waals surface area contributed by atoms with Gasteiger partial charge in [-0.2, -0.15) is 0 Å². The summed E-state index contributed by atoms with van der Waals surface area (Å²) in [6.45, 7) is 0.156. The number of aromatic hydroxyl groups is 1. The summed E-state index contributed by atoms with van der Waals surface area (Å²) in [4.78, 5) is 11.7. The van der Waals surface area contributed by atoms with E-state index in [0.29, 0.717) is 12.1 Å². The number of phenols is 1. The molecule has 6 heteroatoms. The molecule has 2 rings (SSSR count). The van der Waals surface area contributed by atoms with Gasteiger partial charge >= 0.3 is 0 Å². The van der Waals surface area contributed by atoms with E-state index in [4.69, 9.17) is 5.11 Å². The van der Waals surface area contributed by atoms with Crippen molar-refractivity contribution in [2.75, 3.05) is 13.2 Å². The van der Waals surface area contributed by atoms with Gasteiger partial charge < -0.3 is 15.5 Å². The highest BCUT2D eigenvalue weighted by Crippen LogP contribution is 2.44. The van der Waals surface area contributed by atoms with Gasteiger partial charge in [0.05, 0.1) is 6.61 Å². The van der Waals surface area contributed by atoms with E-state index < -0.39 is 28.9 Å². The molecule has 98 valence electrons. The molecule has 0 saturated heterocycles. The van der Waals surface area contributed by atoms with Crippen LogP contribution in [-0.2, 0) is 0 Å². The summed E-state index contributed by atoms with van der Waals surface area (Å²) in [6.07, 6.45) is 1.59. The number of hydrogen-bond donors (Lipinski definition) is 3. The minimum absolute atomic E-state index is 0.0504. The van der Waals surface area contributed by atoms with Crippen molar-refractivity contribution in [1.29, 1.82) is 0 Å². The van der Waals surface area contributed by atoms with Gasteiger partial charge in [0.15, 0.2) is 0 Å². The van der Waals surface area contributed by atoms with E-state index in [-0.39, 0.29) is 18.6 Å². The Labute approximate surface area is 102 Å². The van der Waals surface area contributed by atoms with Crippen molar-refractivity contribution in [1.82, 2.24) is 5.32 Å². The Hall–Kier alpha value is -1.69. The van der Waals surface area contributed by atoms with Crippen molar-refractivity contribution < 1.29 is 23.8 Å². The molecule has 0 aromatic heterocycles. The second-order valence-electron chi connectivity index (χ2n) is 4.62. The first-order valence-electron chi connectivity index (χ1n) is 5.54. The standard InChI is InChI=1S/C12H13F2NO3/c13-7-3-8(14)10(9(17)4-7)11(18)15-5-12(6-16)1-2-12/h3-4,16-17H,1-2,5-6H2,(H,15,18). The summed E-state index contributed by atoms with van der Waals surface area (Å²) in [5.74, 6) is -3.61. The van der Waals surface area contributed by atoms with Crippen LogP contribution < -0.4 is 5.32 Å². The van der Waals surface area contributed by atoms with E-state index in [1.807, 2.05) is 0 Å². The number of benzene rings is 1. The molecule has 0 aliphatic heterocycles. The van der Waals surface area contributed by atoms with Crippen LogP contribution in [0.1, 0.15) is 23.2 Å². The summed E-state index contributed by atoms with van der Waals surface area (Å²) in [5, 5.41) is 20.8. The predicted molar refractivity (Wildman–Crippen MR) is 59.1 cm³/mol. The molecule has 18 heavy (non-hydrogen) atoms. The summed E-state index contributed by atoms with van der Waals surface area (Å²) < 4.78 is 26.1. The highest BCUT2D eigenvalue weighted by molar-refractivity contribution is 5.97. The van der Waals surface area contributed by atoms with Gasteiger partial charge in [0.1, 0.15) is 22.9 Å². The van der Waals surface area contributed by atoms with Crippen LogP contribution in [0.3, 0.4) is 0 Å². The highest BCUT2D eigenvalue weighted by atomic mass is 19.1. The fourth-order valence-electron chi connectivity index (χ4n) is 1.71. The first-order chi connectivity index (χ1) is 8.47. The molecule has 1 aliphatic rings. The van der Waals surface area contributed by atoms with Crippen LogP contribution in [-0.4, -0.2) is 29.3 Å². The van der Waals surface area contributed by atoms with Crippen molar-refractivity contribution in [3.8, 4) is 5.75 Å². The molecular formula is C12H13F2NO3. The molecule has 3 N–H and O–H groups in total. The number of halogens is 2. The maximum absolute atomic E-state index is 13.4. The van der Waals surface area contributed by atoms with Gasteiger partial charge in [-0.1, -0.05) is 0 Å². The Kier molecular flexibility index (Phi) is 3.21. The van der Waals surface area contributed by atoms with Crippen LogP contribution in [0.2, 0.25) is 0 Å². The molecule has 1 aromatic carbocycles. The van der Waals surface area contributed by atoms with Crippen molar-refractivity contribution in [2.45, 2.75) is 12.8 Å². The van der Waals surface area contributed by atoms with Crippen LogP contribution in [0, 0.1) is 17.0 Å². The van der Waals surface area contributed by atoms with E-state index >= 15 is 0 Å². The van der Waals surface area contributed by atoms with Crippen molar-refractivity contribution in [2.24, 2.45) is 5.41 Å². The third-order valence-electron chi connectivity index (χ3n) is 3.18. The van der Waals surface area contributed by atoms with Crippen LogP contribution in [0.25, 0.3) is 0 Å². The molecule has 0 bridgehead atoms. The molecule has 0 heterocycles. The lowest BCUT2D eigenvalue weighted by Crippen LogP contribution is -2.32. The number of hydrogen-bond acceptors (Lipinski definition) is 3. The lowest BCUT2D eigenvalue weighted by Gasteiger charge is -2.13. The van der Waals surface area contributed by atoms with E-state index in [2.05, 4.69) is 5.32 Å². The molecular weight excluding hydrogens is 244 g/mol. The number of aliphatic hydroxyl groups is 1. The first kappa shape index (κ1) is 12.8. The van der Waals surface area contributed by atoms with E-state index in [9.17, 15) is 18.7 Å². The Morgan fingerprint density at radius 1 is 1.39 bits per heavy atom. The minimum Gasteiger partial charge on any atom is -0.507 e. The molecule has 4 nitrogen and oxygen atoms in total. The second kappa shape index (κ2) is 4.53. The fraction of sp³-hybridized carbons (Fsp3) is 0.417. The molecule has 1 fully saturated rings. The first-order valence-corrected chi connectivity index (χ1v) is 5.54. The van der Waals surface area contributed by atoms with E-state index in [0.717, 1.165) is 12.8 Å². The van der Waals surface area contributed by atoms with Crippen molar-refractivity contribution >= 4 is 5.91 Å². The van der Waals surface area contributed by atoms with Gasteiger partial charge in [0.25, 0.3) is 5.91 Å². The molecule has 1 saturated carbocycles. The van der Waals surface area contributed by atoms with Gasteiger partial charge in [0, 0.05) is 24.1 Å². The third-order valence-corrected chi connectivity index (χ3v) is 3.18. The summed E-state index contributed by atoms with van der Waals surface area (Å²) >= 11 is 0. The van der Waals surface area contributed by atoms with Gasteiger partial charge in [-0.15, -0.1) is 0 Å². The molecule has 0 atom stereocenters. The quantitative estimate of drug-likeness (QED) is 0.758. The summed E-state index contributed by atoms with van der Waals surface area (Å²) in [5.41, 5.74) is -0.896. The lowest BCUT2D eigenvalue weighted by molar-refractivity contribution is 0.0928. The normalized spacial score (nSPS) is 16.4. The van der Waals surface area contributed by atoms with Crippen LogP contribution >= 0.6 is 0 Å². The van der Waals surface area contributed by atoms with Crippen molar-refractivity contribution in [3.63, 3.8) is 0 Å². The number of nitrogens with one attached hydrogen (secondary N) is 1. The van der Waals surface area contributed by atoms with Crippen LogP contribution in [0.5, 0.6) is 5.75 Å². The molecule has 1 aromatic rings. The second-order valence-corrected chi connectivity index (χ2v) is 4.62.